The van der Waals surface area contributed by atoms with E-state index in [9.17, 15) is 26.0 Å². The number of hydrogen-bond acceptors (Lipinski definition) is 5. The molecule has 0 N–H and O–H groups in total. The van der Waals surface area contributed by atoms with Gasteiger partial charge in [-0.2, -0.15) is 13.2 Å². The minimum absolute atomic E-state index is 0.213. The Kier molecular flexibility index (Phi) is 4.74. The van der Waals surface area contributed by atoms with E-state index in [0.29, 0.717) is 24.2 Å². The molecule has 0 unspecified atom stereocenters. The largest absolute Gasteiger partial charge is 0.416 e. The summed E-state index contributed by atoms with van der Waals surface area (Å²) < 4.78 is 76.4. The normalized spacial score (nSPS) is 15.7. The fourth-order valence-corrected chi connectivity index (χ4v) is 3.40. The van der Waals surface area contributed by atoms with Crippen molar-refractivity contribution in [3.05, 3.63) is 52.6 Å². The van der Waals surface area contributed by atoms with Crippen LogP contribution in [0.2, 0.25) is 0 Å². The first-order valence-electron chi connectivity index (χ1n) is 7.67. The summed E-state index contributed by atoms with van der Waals surface area (Å²) in [5, 5.41) is -0.279. The number of nitrogens with zero attached hydrogens (tertiary/aromatic N) is 3. The van der Waals surface area contributed by atoms with Crippen molar-refractivity contribution in [1.82, 2.24) is 14.9 Å². The van der Waals surface area contributed by atoms with Gasteiger partial charge in [0, 0.05) is 49.6 Å². The summed E-state index contributed by atoms with van der Waals surface area (Å²) in [5.41, 5.74) is -0.237. The zero-order valence-corrected chi connectivity index (χ0v) is 14.5. The second kappa shape index (κ2) is 6.58. The van der Waals surface area contributed by atoms with Crippen LogP contribution < -0.4 is 0 Å². The summed E-state index contributed by atoms with van der Waals surface area (Å²) in [6.45, 7) is 0.332. The highest BCUT2D eigenvalue weighted by Crippen LogP contribution is 2.34. The molecule has 1 aliphatic heterocycles. The number of halogens is 4. The molecule has 1 aromatic heterocycles. The standard InChI is InChI=1S/C16H15F4N3O2S/c1-26(24,25)15-21-7-10-8-23(6-5-14(10)22-15)9-11-12(16(18,19)20)3-2-4-13(11)17/h2-4,7H,5-6,8-9H2,1H3. The molecule has 0 radical (unpaired) electrons. The Morgan fingerprint density at radius 2 is 2.00 bits per heavy atom. The third-order valence-electron chi connectivity index (χ3n) is 4.13. The van der Waals surface area contributed by atoms with E-state index in [1.807, 2.05) is 0 Å². The molecule has 2 heterocycles. The summed E-state index contributed by atoms with van der Waals surface area (Å²) in [6, 6.07) is 2.90. The Hall–Kier alpha value is -2.07. The molecule has 0 aliphatic carbocycles. The van der Waals surface area contributed by atoms with Gasteiger partial charge in [-0.15, -0.1) is 0 Å². The predicted molar refractivity (Wildman–Crippen MR) is 84.4 cm³/mol. The van der Waals surface area contributed by atoms with Crippen molar-refractivity contribution < 1.29 is 26.0 Å². The summed E-state index contributed by atoms with van der Waals surface area (Å²) in [5.74, 6) is -0.908. The van der Waals surface area contributed by atoms with Gasteiger partial charge in [0.25, 0.3) is 0 Å². The van der Waals surface area contributed by atoms with Crippen LogP contribution in [0.15, 0.2) is 29.6 Å². The molecule has 0 amide bonds. The molecule has 0 saturated carbocycles. The molecule has 0 fully saturated rings. The lowest BCUT2D eigenvalue weighted by molar-refractivity contribution is -0.138. The van der Waals surface area contributed by atoms with Crippen LogP contribution in [0.5, 0.6) is 0 Å². The SMILES string of the molecule is CS(=O)(=O)c1ncc2c(n1)CCN(Cc1c(F)cccc1C(F)(F)F)C2. The van der Waals surface area contributed by atoms with Crippen LogP contribution >= 0.6 is 0 Å². The van der Waals surface area contributed by atoms with Gasteiger partial charge in [-0.1, -0.05) is 6.07 Å². The van der Waals surface area contributed by atoms with E-state index in [0.717, 1.165) is 24.5 Å². The lowest BCUT2D eigenvalue weighted by atomic mass is 10.0. The van der Waals surface area contributed by atoms with Gasteiger partial charge in [0.2, 0.25) is 15.0 Å². The van der Waals surface area contributed by atoms with Gasteiger partial charge in [-0.05, 0) is 12.1 Å². The first kappa shape index (κ1) is 18.7. The molecule has 3 rings (SSSR count). The maximum Gasteiger partial charge on any atom is 0.416 e. The van der Waals surface area contributed by atoms with Crippen LogP contribution in [0.3, 0.4) is 0 Å². The maximum atomic E-state index is 14.0. The third-order valence-corrected chi connectivity index (χ3v) is 4.99. The molecule has 26 heavy (non-hydrogen) atoms. The van der Waals surface area contributed by atoms with Gasteiger partial charge in [0.05, 0.1) is 11.3 Å². The van der Waals surface area contributed by atoms with Crippen LogP contribution in [0.1, 0.15) is 22.4 Å². The highest BCUT2D eigenvalue weighted by atomic mass is 32.2. The highest BCUT2D eigenvalue weighted by Gasteiger charge is 2.35. The van der Waals surface area contributed by atoms with E-state index in [4.69, 9.17) is 0 Å². The zero-order valence-electron chi connectivity index (χ0n) is 13.7. The van der Waals surface area contributed by atoms with E-state index >= 15 is 0 Å². The van der Waals surface area contributed by atoms with Crippen molar-refractivity contribution in [2.24, 2.45) is 0 Å². The minimum Gasteiger partial charge on any atom is -0.294 e. The molecule has 1 aliphatic rings. The van der Waals surface area contributed by atoms with E-state index in [-0.39, 0.29) is 18.2 Å². The van der Waals surface area contributed by atoms with Gasteiger partial charge in [0.1, 0.15) is 5.82 Å². The molecule has 140 valence electrons. The molecule has 1 aromatic carbocycles. The molecule has 0 bridgehead atoms. The molecule has 10 heteroatoms. The van der Waals surface area contributed by atoms with Gasteiger partial charge in [0.15, 0.2) is 0 Å². The van der Waals surface area contributed by atoms with Crippen LogP contribution in [0.4, 0.5) is 17.6 Å². The minimum atomic E-state index is -4.64. The van der Waals surface area contributed by atoms with Gasteiger partial charge in [-0.3, -0.25) is 4.90 Å². The first-order valence-corrected chi connectivity index (χ1v) is 9.56. The molecular weight excluding hydrogens is 374 g/mol. The van der Waals surface area contributed by atoms with Gasteiger partial charge in [-0.25, -0.2) is 22.8 Å². The molecule has 0 saturated heterocycles. The van der Waals surface area contributed by atoms with Crippen molar-refractivity contribution in [1.29, 1.82) is 0 Å². The van der Waals surface area contributed by atoms with Gasteiger partial charge >= 0.3 is 6.18 Å². The maximum absolute atomic E-state index is 14.0. The molecule has 5 nitrogen and oxygen atoms in total. The van der Waals surface area contributed by atoms with E-state index in [1.54, 1.807) is 4.90 Å². The van der Waals surface area contributed by atoms with E-state index in [2.05, 4.69) is 9.97 Å². The van der Waals surface area contributed by atoms with Gasteiger partial charge < -0.3 is 0 Å². The Morgan fingerprint density at radius 3 is 2.65 bits per heavy atom. The number of benzene rings is 1. The lowest BCUT2D eigenvalue weighted by Gasteiger charge is -2.29. The van der Waals surface area contributed by atoms with Crippen LogP contribution in [0, 0.1) is 5.82 Å². The van der Waals surface area contributed by atoms with Crippen molar-refractivity contribution in [3.8, 4) is 0 Å². The topological polar surface area (TPSA) is 63.2 Å². The fraction of sp³-hybridized carbons (Fsp3) is 0.375. The molecule has 2 aromatic rings. The second-order valence-electron chi connectivity index (χ2n) is 6.12. The second-order valence-corrected chi connectivity index (χ2v) is 8.03. The van der Waals surface area contributed by atoms with Crippen molar-refractivity contribution >= 4 is 9.84 Å². The average Bonchev–Trinajstić information content (AvgIpc) is 2.54. The highest BCUT2D eigenvalue weighted by molar-refractivity contribution is 7.90. The summed E-state index contributed by atoms with van der Waals surface area (Å²) in [6.07, 6.45) is -1.94. The number of aromatic nitrogens is 2. The zero-order chi connectivity index (χ0) is 19.1. The third kappa shape index (κ3) is 3.85. The molecule has 0 spiro atoms. The van der Waals surface area contributed by atoms with Crippen LogP contribution in [-0.2, 0) is 35.5 Å². The summed E-state index contributed by atoms with van der Waals surface area (Å²) in [7, 11) is -3.54. The van der Waals surface area contributed by atoms with E-state index < -0.39 is 33.0 Å². The summed E-state index contributed by atoms with van der Waals surface area (Å²) in [4.78, 5) is 9.47. The van der Waals surface area contributed by atoms with Crippen LogP contribution in [-0.4, -0.2) is 36.1 Å². The van der Waals surface area contributed by atoms with Crippen molar-refractivity contribution in [2.45, 2.75) is 30.8 Å². The van der Waals surface area contributed by atoms with Crippen molar-refractivity contribution in [2.75, 3.05) is 12.8 Å². The number of rotatable bonds is 3. The molecular formula is C16H15F4N3O2S. The summed E-state index contributed by atoms with van der Waals surface area (Å²) >= 11 is 0. The van der Waals surface area contributed by atoms with Crippen molar-refractivity contribution in [3.63, 3.8) is 0 Å². The first-order chi connectivity index (χ1) is 12.1. The molecule has 0 atom stereocenters. The Morgan fingerprint density at radius 1 is 1.27 bits per heavy atom. The number of fused-ring (bicyclic) bond motifs is 1. The Labute approximate surface area is 147 Å². The monoisotopic (exact) mass is 389 g/mol. The van der Waals surface area contributed by atoms with E-state index in [1.165, 1.54) is 6.20 Å². The number of alkyl halides is 3. The predicted octanol–water partition coefficient (Wildman–Crippen LogP) is 2.60. The quantitative estimate of drug-likeness (QED) is 0.597. The Balaban J connectivity index is 1.85. The fourth-order valence-electron chi connectivity index (χ4n) is 2.88. The number of hydrogen-bond donors (Lipinski definition) is 0. The average molecular weight is 389 g/mol. The number of sulfone groups is 1. The Bertz CT molecular complexity index is 945. The lowest BCUT2D eigenvalue weighted by Crippen LogP contribution is -2.32. The smallest absolute Gasteiger partial charge is 0.294 e. The van der Waals surface area contributed by atoms with Crippen LogP contribution in [0.25, 0.3) is 0 Å².